The fourth-order valence-electron chi connectivity index (χ4n) is 5.95. The zero-order valence-electron chi connectivity index (χ0n) is 26.5. The molecule has 0 unspecified atom stereocenters. The second kappa shape index (κ2) is 12.6. The summed E-state index contributed by atoms with van der Waals surface area (Å²) in [6, 6.07) is 44.9. The molecule has 0 saturated carbocycles. The molecule has 6 aromatic heterocycles. The molecule has 8 aromatic rings. The first-order valence-electron chi connectivity index (χ1n) is 15.5. The van der Waals surface area contributed by atoms with E-state index in [1.807, 2.05) is 45.3 Å². The van der Waals surface area contributed by atoms with Crippen molar-refractivity contribution in [2.75, 3.05) is 0 Å². The predicted octanol–water partition coefficient (Wildman–Crippen LogP) is 13.6. The third-order valence-corrected chi connectivity index (χ3v) is 13.3. The van der Waals surface area contributed by atoms with Gasteiger partial charge in [0.15, 0.2) is 0 Å². The smallest absolute Gasteiger partial charge is 0.0635 e. The second-order valence-electron chi connectivity index (χ2n) is 11.6. The fraction of sp³-hybridized carbons (Fsp3) is 0.100. The van der Waals surface area contributed by atoms with E-state index in [2.05, 4.69) is 158 Å². The highest BCUT2D eigenvalue weighted by Gasteiger charge is 2.18. The molecule has 232 valence electrons. The summed E-state index contributed by atoms with van der Waals surface area (Å²) in [5.41, 5.74) is 7.30. The lowest BCUT2D eigenvalue weighted by atomic mass is 10.2. The highest BCUT2D eigenvalue weighted by atomic mass is 32.2. The van der Waals surface area contributed by atoms with Gasteiger partial charge in [0.1, 0.15) is 0 Å². The Morgan fingerprint density at radius 3 is 0.851 bits per heavy atom. The van der Waals surface area contributed by atoms with Crippen LogP contribution in [0, 0.1) is 27.7 Å². The molecule has 0 aliphatic carbocycles. The Bertz CT molecular complexity index is 2040. The quantitative estimate of drug-likeness (QED) is 0.153. The summed E-state index contributed by atoms with van der Waals surface area (Å²) in [4.78, 5) is 12.9. The van der Waals surface area contributed by atoms with E-state index in [-0.39, 0.29) is 0 Å². The Hall–Kier alpha value is -3.85. The van der Waals surface area contributed by atoms with Crippen LogP contribution in [0.1, 0.15) is 19.5 Å². The van der Waals surface area contributed by atoms with Crippen molar-refractivity contribution in [2.45, 2.75) is 37.5 Å². The summed E-state index contributed by atoms with van der Waals surface area (Å²) in [6.45, 7) is 8.70. The molecule has 0 bridgehead atoms. The minimum Gasteiger partial charge on any atom is -0.308 e. The summed E-state index contributed by atoms with van der Waals surface area (Å²) in [6.07, 6.45) is 0. The number of hydrogen-bond acceptors (Lipinski definition) is 5. The van der Waals surface area contributed by atoms with Gasteiger partial charge in [0.05, 0.1) is 42.3 Å². The minimum absolute atomic E-state index is 1.18. The maximum absolute atomic E-state index is 2.41. The van der Waals surface area contributed by atoms with E-state index >= 15 is 0 Å². The van der Waals surface area contributed by atoms with Gasteiger partial charge >= 0.3 is 0 Å². The van der Waals surface area contributed by atoms with Crippen molar-refractivity contribution in [1.82, 2.24) is 9.13 Å². The summed E-state index contributed by atoms with van der Waals surface area (Å²) in [7, 11) is 0. The SMILES string of the molecule is Cc1ccc(-c2ccc(-c3ccc(C)s3)n2-c2ccc(Sc3ccc(-n4c(-c5ccc(C)s5)ccc4-c4ccc(C)s4)cc3)cc2)s1. The van der Waals surface area contributed by atoms with E-state index in [4.69, 9.17) is 0 Å². The Morgan fingerprint density at radius 2 is 0.617 bits per heavy atom. The lowest BCUT2D eigenvalue weighted by Crippen LogP contribution is -1.98. The van der Waals surface area contributed by atoms with Crippen molar-refractivity contribution >= 4 is 57.1 Å². The van der Waals surface area contributed by atoms with Crippen molar-refractivity contribution < 1.29 is 0 Å². The number of hydrogen-bond donors (Lipinski definition) is 0. The van der Waals surface area contributed by atoms with Crippen LogP contribution in [0.4, 0.5) is 0 Å². The number of thiophene rings is 4. The Balaban J connectivity index is 1.09. The van der Waals surface area contributed by atoms with E-state index in [0.717, 1.165) is 0 Å². The Kier molecular flexibility index (Phi) is 8.20. The number of aromatic nitrogens is 2. The van der Waals surface area contributed by atoms with E-state index in [9.17, 15) is 0 Å². The van der Waals surface area contributed by atoms with Crippen molar-refractivity contribution in [3.63, 3.8) is 0 Å². The van der Waals surface area contributed by atoms with Gasteiger partial charge in [0, 0.05) is 40.7 Å². The van der Waals surface area contributed by atoms with Gasteiger partial charge in [-0.25, -0.2) is 0 Å². The molecule has 0 atom stereocenters. The molecule has 2 aromatic carbocycles. The highest BCUT2D eigenvalue weighted by Crippen LogP contribution is 2.40. The van der Waals surface area contributed by atoms with Crippen LogP contribution in [0.2, 0.25) is 0 Å². The van der Waals surface area contributed by atoms with Gasteiger partial charge in [-0.2, -0.15) is 0 Å². The first-order chi connectivity index (χ1) is 22.9. The average Bonchev–Trinajstić information content (AvgIpc) is 3.91. The van der Waals surface area contributed by atoms with Crippen molar-refractivity contribution in [2.24, 2.45) is 0 Å². The molecule has 0 amide bonds. The molecular weight excluding hydrogens is 669 g/mol. The molecule has 7 heteroatoms. The van der Waals surface area contributed by atoms with Crippen LogP contribution in [0.5, 0.6) is 0 Å². The van der Waals surface area contributed by atoms with Gasteiger partial charge in [0.25, 0.3) is 0 Å². The first kappa shape index (κ1) is 30.5. The lowest BCUT2D eigenvalue weighted by Gasteiger charge is -2.14. The van der Waals surface area contributed by atoms with Crippen LogP contribution < -0.4 is 0 Å². The molecule has 0 aliphatic rings. The van der Waals surface area contributed by atoms with Gasteiger partial charge in [-0.3, -0.25) is 0 Å². The van der Waals surface area contributed by atoms with E-state index in [0.29, 0.717) is 0 Å². The molecule has 0 N–H and O–H groups in total. The molecule has 8 rings (SSSR count). The number of rotatable bonds is 8. The Morgan fingerprint density at radius 1 is 0.340 bits per heavy atom. The minimum atomic E-state index is 1.18. The zero-order valence-corrected chi connectivity index (χ0v) is 30.6. The highest BCUT2D eigenvalue weighted by molar-refractivity contribution is 7.99. The molecule has 6 heterocycles. The topological polar surface area (TPSA) is 9.86 Å². The number of aryl methyl sites for hydroxylation is 4. The molecule has 0 spiro atoms. The van der Waals surface area contributed by atoms with Crippen LogP contribution in [-0.2, 0) is 0 Å². The van der Waals surface area contributed by atoms with Crippen LogP contribution in [0.3, 0.4) is 0 Å². The molecule has 2 nitrogen and oxygen atoms in total. The third kappa shape index (κ3) is 6.03. The van der Waals surface area contributed by atoms with Crippen molar-refractivity contribution in [3.8, 4) is 53.7 Å². The van der Waals surface area contributed by atoms with Crippen molar-refractivity contribution in [3.05, 3.63) is 141 Å². The van der Waals surface area contributed by atoms with Crippen LogP contribution in [0.25, 0.3) is 53.7 Å². The molecule has 0 fully saturated rings. The van der Waals surface area contributed by atoms with Gasteiger partial charge in [-0.15, -0.1) is 45.3 Å². The maximum atomic E-state index is 2.41. The fourth-order valence-corrected chi connectivity index (χ4v) is 10.3. The van der Waals surface area contributed by atoms with Crippen LogP contribution in [0.15, 0.2) is 131 Å². The average molecular weight is 701 g/mol. The predicted molar refractivity (Wildman–Crippen MR) is 208 cm³/mol. The summed E-state index contributed by atoms with van der Waals surface area (Å²) in [5, 5.41) is 0. The normalized spacial score (nSPS) is 11.5. The zero-order chi connectivity index (χ0) is 32.1. The second-order valence-corrected chi connectivity index (χ2v) is 17.9. The molecular formula is C40H32N2S5. The van der Waals surface area contributed by atoms with Gasteiger partial charge in [-0.05, 0) is 149 Å². The van der Waals surface area contributed by atoms with Crippen molar-refractivity contribution in [1.29, 1.82) is 0 Å². The lowest BCUT2D eigenvalue weighted by molar-refractivity contribution is 1.10. The third-order valence-electron chi connectivity index (χ3n) is 8.16. The summed E-state index contributed by atoms with van der Waals surface area (Å²) < 4.78 is 4.83. The van der Waals surface area contributed by atoms with Crippen LogP contribution >= 0.6 is 57.1 Å². The maximum Gasteiger partial charge on any atom is 0.0635 e. The van der Waals surface area contributed by atoms with Crippen LogP contribution in [-0.4, -0.2) is 9.13 Å². The summed E-state index contributed by atoms with van der Waals surface area (Å²) in [5.74, 6) is 0. The molecule has 0 saturated heterocycles. The Labute approximate surface area is 296 Å². The van der Waals surface area contributed by atoms with Gasteiger partial charge in [-0.1, -0.05) is 11.8 Å². The molecule has 0 radical (unpaired) electrons. The van der Waals surface area contributed by atoms with Gasteiger partial charge < -0.3 is 9.13 Å². The van der Waals surface area contributed by atoms with E-state index in [1.54, 1.807) is 11.8 Å². The first-order valence-corrected chi connectivity index (χ1v) is 19.6. The standard InChI is InChI=1S/C40H32N2S5/c1-25-5-21-37(43-25)33-17-18-34(38-22-6-26(2)44-38)41(33)29-9-13-31(14-10-29)47-32-15-11-30(12-16-32)42-35(39-23-7-27(3)45-39)19-20-36(42)40-24-8-28(4)46-40/h5-24H,1-4H3. The number of nitrogens with zero attached hydrogens (tertiary/aromatic N) is 2. The molecule has 47 heavy (non-hydrogen) atoms. The molecule has 0 aliphatic heterocycles. The van der Waals surface area contributed by atoms with Gasteiger partial charge in [0.2, 0.25) is 0 Å². The largest absolute Gasteiger partial charge is 0.308 e. The number of benzene rings is 2. The summed E-state index contributed by atoms with van der Waals surface area (Å²) >= 11 is 9.19. The van der Waals surface area contributed by atoms with E-state index in [1.165, 1.54) is 83.0 Å². The monoisotopic (exact) mass is 700 g/mol. The van der Waals surface area contributed by atoms with E-state index < -0.39 is 0 Å².